The molecule has 0 N–H and O–H groups in total. The van der Waals surface area contributed by atoms with Crippen molar-refractivity contribution in [2.24, 2.45) is 0 Å². The zero-order chi connectivity index (χ0) is 10.6. The van der Waals surface area contributed by atoms with Crippen LogP contribution in [0.15, 0.2) is 35.7 Å². The molecule has 76 valence electrons. The predicted octanol–water partition coefficient (Wildman–Crippen LogP) is 4.41. The van der Waals surface area contributed by atoms with E-state index < -0.39 is 5.76 Å². The second kappa shape index (κ2) is 5.51. The SMILES string of the molecule is C=C(CBr)c1cccc(SC(F)F)c1. The molecule has 0 saturated heterocycles. The van der Waals surface area contributed by atoms with Gasteiger partial charge in [-0.05, 0) is 23.3 Å². The molecule has 1 rings (SSSR count). The quantitative estimate of drug-likeness (QED) is 0.581. The largest absolute Gasteiger partial charge is 0.288 e. The monoisotopic (exact) mass is 278 g/mol. The lowest BCUT2D eigenvalue weighted by Gasteiger charge is -2.04. The van der Waals surface area contributed by atoms with Crippen molar-refractivity contribution in [3.05, 3.63) is 36.4 Å². The summed E-state index contributed by atoms with van der Waals surface area (Å²) in [5.74, 6) is -2.37. The summed E-state index contributed by atoms with van der Waals surface area (Å²) >= 11 is 3.82. The van der Waals surface area contributed by atoms with Gasteiger partial charge in [0.15, 0.2) is 0 Å². The van der Waals surface area contributed by atoms with Crippen LogP contribution >= 0.6 is 27.7 Å². The maximum atomic E-state index is 12.1. The summed E-state index contributed by atoms with van der Waals surface area (Å²) in [6.07, 6.45) is 0. The smallest absolute Gasteiger partial charge is 0.198 e. The molecule has 0 saturated carbocycles. The number of rotatable bonds is 4. The molecule has 0 unspecified atom stereocenters. The van der Waals surface area contributed by atoms with E-state index in [0.29, 0.717) is 22.0 Å². The first-order valence-electron chi connectivity index (χ1n) is 3.92. The van der Waals surface area contributed by atoms with Gasteiger partial charge >= 0.3 is 0 Å². The molecule has 0 aliphatic carbocycles. The highest BCUT2D eigenvalue weighted by molar-refractivity contribution is 9.09. The van der Waals surface area contributed by atoms with E-state index in [1.807, 2.05) is 6.07 Å². The summed E-state index contributed by atoms with van der Waals surface area (Å²) < 4.78 is 24.1. The Balaban J connectivity index is 2.84. The van der Waals surface area contributed by atoms with Gasteiger partial charge in [-0.25, -0.2) is 0 Å². The van der Waals surface area contributed by atoms with E-state index in [1.165, 1.54) is 0 Å². The first-order valence-corrected chi connectivity index (χ1v) is 5.92. The van der Waals surface area contributed by atoms with Gasteiger partial charge in [-0.1, -0.05) is 46.4 Å². The molecule has 1 aromatic carbocycles. The second-order valence-electron chi connectivity index (χ2n) is 2.64. The van der Waals surface area contributed by atoms with E-state index >= 15 is 0 Å². The van der Waals surface area contributed by atoms with Crippen LogP contribution in [0.4, 0.5) is 8.78 Å². The first kappa shape index (κ1) is 11.7. The van der Waals surface area contributed by atoms with Gasteiger partial charge < -0.3 is 0 Å². The minimum absolute atomic E-state index is 0.551. The van der Waals surface area contributed by atoms with Crippen LogP contribution in [-0.4, -0.2) is 11.1 Å². The standard InChI is InChI=1S/C10H9BrF2S/c1-7(6-11)8-3-2-4-9(5-8)14-10(12)13/h2-5,10H,1,6H2. The van der Waals surface area contributed by atoms with Crippen molar-refractivity contribution >= 4 is 33.3 Å². The highest BCUT2D eigenvalue weighted by Crippen LogP contribution is 2.27. The first-order chi connectivity index (χ1) is 6.63. The number of halogens is 3. The van der Waals surface area contributed by atoms with Crippen molar-refractivity contribution in [3.8, 4) is 0 Å². The second-order valence-corrected chi connectivity index (χ2v) is 4.27. The fraction of sp³-hybridized carbons (Fsp3) is 0.200. The molecular weight excluding hydrogens is 270 g/mol. The molecule has 0 aliphatic heterocycles. The van der Waals surface area contributed by atoms with Crippen molar-refractivity contribution in [3.63, 3.8) is 0 Å². The molecule has 0 radical (unpaired) electrons. The number of thioether (sulfide) groups is 1. The van der Waals surface area contributed by atoms with Crippen LogP contribution in [0.25, 0.3) is 5.57 Å². The van der Waals surface area contributed by atoms with Crippen molar-refractivity contribution in [1.29, 1.82) is 0 Å². The van der Waals surface area contributed by atoms with E-state index in [-0.39, 0.29) is 0 Å². The lowest BCUT2D eigenvalue weighted by atomic mass is 10.1. The fourth-order valence-electron chi connectivity index (χ4n) is 0.969. The third-order valence-corrected chi connectivity index (χ3v) is 3.01. The minimum atomic E-state index is -2.37. The summed E-state index contributed by atoms with van der Waals surface area (Å²) in [7, 11) is 0. The van der Waals surface area contributed by atoms with E-state index in [2.05, 4.69) is 22.5 Å². The summed E-state index contributed by atoms with van der Waals surface area (Å²) in [5.41, 5.74) is 1.79. The Morgan fingerprint density at radius 1 is 1.50 bits per heavy atom. The molecule has 0 heterocycles. The summed E-state index contributed by atoms with van der Waals surface area (Å²) in [6, 6.07) is 7.01. The molecule has 0 aliphatic rings. The molecule has 0 atom stereocenters. The molecule has 0 aromatic heterocycles. The van der Waals surface area contributed by atoms with Gasteiger partial charge in [0, 0.05) is 10.2 Å². The highest BCUT2D eigenvalue weighted by Gasteiger charge is 2.06. The van der Waals surface area contributed by atoms with Gasteiger partial charge in [-0.3, -0.25) is 0 Å². The third-order valence-electron chi connectivity index (χ3n) is 1.63. The average molecular weight is 279 g/mol. The number of hydrogen-bond donors (Lipinski definition) is 0. The Morgan fingerprint density at radius 3 is 2.79 bits per heavy atom. The molecular formula is C10H9BrF2S. The molecule has 0 bridgehead atoms. The van der Waals surface area contributed by atoms with Gasteiger partial charge in [-0.2, -0.15) is 8.78 Å². The van der Waals surface area contributed by atoms with Crippen molar-refractivity contribution in [2.75, 3.05) is 5.33 Å². The molecule has 0 fully saturated rings. The average Bonchev–Trinajstić information content (AvgIpc) is 2.16. The van der Waals surface area contributed by atoms with Crippen LogP contribution in [-0.2, 0) is 0 Å². The Kier molecular flexibility index (Phi) is 4.62. The van der Waals surface area contributed by atoms with Crippen LogP contribution in [0.3, 0.4) is 0 Å². The van der Waals surface area contributed by atoms with Gasteiger partial charge in [0.25, 0.3) is 5.76 Å². The van der Waals surface area contributed by atoms with E-state index in [4.69, 9.17) is 0 Å². The van der Waals surface area contributed by atoms with Crippen LogP contribution in [0.5, 0.6) is 0 Å². The van der Waals surface area contributed by atoms with Crippen molar-refractivity contribution in [2.45, 2.75) is 10.7 Å². The van der Waals surface area contributed by atoms with Gasteiger partial charge in [0.05, 0.1) is 0 Å². The van der Waals surface area contributed by atoms with Crippen LogP contribution in [0.1, 0.15) is 5.56 Å². The summed E-state index contributed by atoms with van der Waals surface area (Å²) in [5, 5.41) is 0.649. The number of hydrogen-bond acceptors (Lipinski definition) is 1. The van der Waals surface area contributed by atoms with Gasteiger partial charge in [0.1, 0.15) is 0 Å². The van der Waals surface area contributed by atoms with Crippen LogP contribution < -0.4 is 0 Å². The number of allylic oxidation sites excluding steroid dienone is 1. The Hall–Kier alpha value is -0.350. The normalized spacial score (nSPS) is 10.6. The Morgan fingerprint density at radius 2 is 2.21 bits per heavy atom. The van der Waals surface area contributed by atoms with E-state index in [9.17, 15) is 8.78 Å². The zero-order valence-electron chi connectivity index (χ0n) is 7.34. The molecule has 4 heteroatoms. The molecule has 0 spiro atoms. The highest BCUT2D eigenvalue weighted by atomic mass is 79.9. The van der Waals surface area contributed by atoms with Gasteiger partial charge in [-0.15, -0.1) is 0 Å². The number of benzene rings is 1. The lowest BCUT2D eigenvalue weighted by molar-refractivity contribution is 0.252. The lowest BCUT2D eigenvalue weighted by Crippen LogP contribution is -1.86. The molecule has 0 amide bonds. The predicted molar refractivity (Wildman–Crippen MR) is 61.1 cm³/mol. The van der Waals surface area contributed by atoms with Crippen LogP contribution in [0.2, 0.25) is 0 Å². The molecule has 14 heavy (non-hydrogen) atoms. The van der Waals surface area contributed by atoms with Gasteiger partial charge in [0.2, 0.25) is 0 Å². The summed E-state index contributed by atoms with van der Waals surface area (Å²) in [6.45, 7) is 3.82. The maximum absolute atomic E-state index is 12.1. The Labute approximate surface area is 94.5 Å². The van der Waals surface area contributed by atoms with Crippen molar-refractivity contribution < 1.29 is 8.78 Å². The van der Waals surface area contributed by atoms with E-state index in [0.717, 1.165) is 11.1 Å². The topological polar surface area (TPSA) is 0 Å². The van der Waals surface area contributed by atoms with Crippen LogP contribution in [0, 0.1) is 0 Å². The molecule has 1 aromatic rings. The van der Waals surface area contributed by atoms with E-state index in [1.54, 1.807) is 18.2 Å². The van der Waals surface area contributed by atoms with Crippen molar-refractivity contribution in [1.82, 2.24) is 0 Å². The maximum Gasteiger partial charge on any atom is 0.288 e. The zero-order valence-corrected chi connectivity index (χ0v) is 9.75. The Bertz CT molecular complexity index is 326. The third kappa shape index (κ3) is 3.42. The number of alkyl halides is 3. The summed E-state index contributed by atoms with van der Waals surface area (Å²) in [4.78, 5) is 0.569. The fourth-order valence-corrected chi connectivity index (χ4v) is 1.85. The minimum Gasteiger partial charge on any atom is -0.198 e. The molecule has 0 nitrogen and oxygen atoms in total.